The Labute approximate surface area is 312 Å². The largest absolute Gasteiger partial charge is 0.390 e. The number of amides is 4. The highest BCUT2D eigenvalue weighted by Gasteiger charge is 2.35. The van der Waals surface area contributed by atoms with Crippen LogP contribution >= 0.6 is 0 Å². The number of aliphatic hydroxyl groups excluding tert-OH is 2. The molecule has 10 heteroatoms. The zero-order valence-electron chi connectivity index (χ0n) is 30.3. The summed E-state index contributed by atoms with van der Waals surface area (Å²) in [5.74, 6) is -0.0371. The summed E-state index contributed by atoms with van der Waals surface area (Å²) in [6, 6.07) is 30.7. The molecule has 4 aromatic carbocycles. The Morgan fingerprint density at radius 3 is 1.74 bits per heavy atom. The summed E-state index contributed by atoms with van der Waals surface area (Å²) in [4.78, 5) is 35.7. The molecule has 276 valence electrons. The summed E-state index contributed by atoms with van der Waals surface area (Å²) in [6.07, 6.45) is 2.03. The first kappa shape index (κ1) is 35.3. The molecule has 10 nitrogen and oxygen atoms in total. The molecule has 0 aliphatic carbocycles. The van der Waals surface area contributed by atoms with E-state index in [9.17, 15) is 19.8 Å². The van der Waals surface area contributed by atoms with Crippen molar-refractivity contribution in [3.63, 3.8) is 0 Å². The van der Waals surface area contributed by atoms with E-state index in [1.54, 1.807) is 4.90 Å². The van der Waals surface area contributed by atoms with Gasteiger partial charge >= 0.3 is 12.1 Å². The monoisotopic (exact) mass is 714 g/mol. The molecule has 8 rings (SSSR count). The van der Waals surface area contributed by atoms with Crippen molar-refractivity contribution in [2.45, 2.75) is 56.9 Å². The van der Waals surface area contributed by atoms with Crippen molar-refractivity contribution in [2.75, 3.05) is 62.2 Å². The first-order chi connectivity index (χ1) is 25.9. The number of nitrogens with one attached hydrogen (secondary N) is 2. The maximum absolute atomic E-state index is 13.8. The molecular weight excluding hydrogens is 665 g/mol. The summed E-state index contributed by atoms with van der Waals surface area (Å²) < 4.78 is 0. The van der Waals surface area contributed by atoms with Crippen molar-refractivity contribution < 1.29 is 19.8 Å². The molecule has 4 heterocycles. The number of fused-ring (bicyclic) bond motifs is 4. The van der Waals surface area contributed by atoms with E-state index in [1.807, 2.05) is 23.1 Å². The topological polar surface area (TPSA) is 112 Å². The van der Waals surface area contributed by atoms with Crippen LogP contribution in [0.4, 0.5) is 21.0 Å². The van der Waals surface area contributed by atoms with Crippen LogP contribution in [0.2, 0.25) is 0 Å². The van der Waals surface area contributed by atoms with E-state index in [1.165, 1.54) is 22.3 Å². The van der Waals surface area contributed by atoms with Crippen LogP contribution in [0.25, 0.3) is 0 Å². The van der Waals surface area contributed by atoms with E-state index in [4.69, 9.17) is 0 Å². The number of rotatable bonds is 9. The minimum Gasteiger partial charge on any atom is -0.390 e. The van der Waals surface area contributed by atoms with Crippen LogP contribution in [0.15, 0.2) is 91.0 Å². The number of nitrogens with zero attached hydrogens (tertiary/aromatic N) is 4. The Balaban J connectivity index is 0.903. The molecule has 3 atom stereocenters. The Morgan fingerprint density at radius 2 is 1.11 bits per heavy atom. The lowest BCUT2D eigenvalue weighted by Gasteiger charge is -2.36. The van der Waals surface area contributed by atoms with E-state index in [-0.39, 0.29) is 31.1 Å². The number of hydrogen-bond acceptors (Lipinski definition) is 6. The molecule has 3 unspecified atom stereocenters. The predicted molar refractivity (Wildman–Crippen MR) is 207 cm³/mol. The van der Waals surface area contributed by atoms with Gasteiger partial charge in [-0.15, -0.1) is 0 Å². The lowest BCUT2D eigenvalue weighted by Crippen LogP contribution is -2.49. The van der Waals surface area contributed by atoms with Crippen LogP contribution in [0.5, 0.6) is 0 Å². The summed E-state index contributed by atoms with van der Waals surface area (Å²) in [5.41, 5.74) is 10.3. The highest BCUT2D eigenvalue weighted by molar-refractivity contribution is 5.96. The Bertz CT molecular complexity index is 1950. The van der Waals surface area contributed by atoms with Gasteiger partial charge in [-0.2, -0.15) is 0 Å². The highest BCUT2D eigenvalue weighted by atomic mass is 16.3. The van der Waals surface area contributed by atoms with E-state index < -0.39 is 12.2 Å². The van der Waals surface area contributed by atoms with E-state index in [0.29, 0.717) is 26.2 Å². The zero-order chi connectivity index (χ0) is 36.3. The molecule has 0 bridgehead atoms. The highest BCUT2D eigenvalue weighted by Crippen LogP contribution is 2.41. The average Bonchev–Trinajstić information content (AvgIpc) is 3.63. The summed E-state index contributed by atoms with van der Waals surface area (Å²) in [6.45, 7) is 5.71. The smallest absolute Gasteiger partial charge is 0.321 e. The minimum atomic E-state index is -0.695. The molecule has 0 radical (unpaired) electrons. The molecule has 0 aromatic heterocycles. The van der Waals surface area contributed by atoms with Gasteiger partial charge in [-0.25, -0.2) is 9.59 Å². The lowest BCUT2D eigenvalue weighted by atomic mass is 9.85. The second-order valence-corrected chi connectivity index (χ2v) is 15.1. The molecule has 4 aliphatic heterocycles. The normalized spacial score (nSPS) is 19.4. The van der Waals surface area contributed by atoms with Gasteiger partial charge in [0.25, 0.3) is 0 Å². The molecule has 0 spiro atoms. The number of benzene rings is 4. The number of aliphatic hydroxyl groups is 2. The maximum atomic E-state index is 13.8. The molecular formula is C43H50N6O4. The van der Waals surface area contributed by atoms with Crippen LogP contribution in [0.1, 0.15) is 44.9 Å². The van der Waals surface area contributed by atoms with Crippen LogP contribution in [0.3, 0.4) is 0 Å². The van der Waals surface area contributed by atoms with Crippen molar-refractivity contribution in [1.29, 1.82) is 0 Å². The predicted octanol–water partition coefficient (Wildman–Crippen LogP) is 4.45. The van der Waals surface area contributed by atoms with Crippen LogP contribution in [0, 0.1) is 0 Å². The summed E-state index contributed by atoms with van der Waals surface area (Å²) in [7, 11) is 0. The van der Waals surface area contributed by atoms with Crippen LogP contribution in [-0.2, 0) is 38.8 Å². The number of hydrogen-bond donors (Lipinski definition) is 4. The quantitative estimate of drug-likeness (QED) is 0.204. The number of carbonyl (C=O) groups excluding carboxylic acids is 2. The SMILES string of the molecule is O=C(NCC(O)CN1CCc2ccccc2C1)N1CC(c2cccc3c2N(C(=O)NCC(O)CN2CCc4ccccc4C2)CC3)Cc2ccccc21. The molecule has 4 aliphatic rings. The fourth-order valence-corrected chi connectivity index (χ4v) is 8.76. The van der Waals surface area contributed by atoms with Crippen LogP contribution in [-0.4, -0.2) is 96.6 Å². The van der Waals surface area contributed by atoms with Gasteiger partial charge < -0.3 is 20.8 Å². The Hall–Kier alpha value is -4.74. The Kier molecular flexibility index (Phi) is 10.5. The number of anilines is 2. The number of urea groups is 2. The van der Waals surface area contributed by atoms with Crippen molar-refractivity contribution in [1.82, 2.24) is 20.4 Å². The third-order valence-corrected chi connectivity index (χ3v) is 11.4. The van der Waals surface area contributed by atoms with Gasteiger partial charge in [0.15, 0.2) is 0 Å². The van der Waals surface area contributed by atoms with E-state index in [2.05, 4.69) is 93.2 Å². The van der Waals surface area contributed by atoms with Gasteiger partial charge in [0.05, 0.1) is 17.9 Å². The second-order valence-electron chi connectivity index (χ2n) is 15.1. The minimum absolute atomic E-state index is 0.0371. The number of para-hydroxylation sites is 2. The molecule has 4 N–H and O–H groups in total. The molecule has 4 amide bonds. The molecule has 53 heavy (non-hydrogen) atoms. The fraction of sp³-hybridized carbons (Fsp3) is 0.395. The zero-order valence-corrected chi connectivity index (χ0v) is 30.3. The third-order valence-electron chi connectivity index (χ3n) is 11.4. The van der Waals surface area contributed by atoms with Gasteiger partial charge in [0.2, 0.25) is 0 Å². The van der Waals surface area contributed by atoms with E-state index >= 15 is 0 Å². The van der Waals surface area contributed by atoms with Crippen molar-refractivity contribution in [3.8, 4) is 0 Å². The first-order valence-corrected chi connectivity index (χ1v) is 19.1. The Morgan fingerprint density at radius 1 is 0.604 bits per heavy atom. The first-order valence-electron chi connectivity index (χ1n) is 19.1. The van der Waals surface area contributed by atoms with Gasteiger partial charge in [-0.3, -0.25) is 19.6 Å². The molecule has 0 saturated heterocycles. The van der Waals surface area contributed by atoms with Gasteiger partial charge in [-0.05, 0) is 70.7 Å². The summed E-state index contributed by atoms with van der Waals surface area (Å²) in [5, 5.41) is 27.9. The van der Waals surface area contributed by atoms with Crippen LogP contribution < -0.4 is 20.4 Å². The van der Waals surface area contributed by atoms with Gasteiger partial charge in [0, 0.05) is 77.1 Å². The fourth-order valence-electron chi connectivity index (χ4n) is 8.76. The van der Waals surface area contributed by atoms with Gasteiger partial charge in [-0.1, -0.05) is 84.9 Å². The average molecular weight is 715 g/mol. The lowest BCUT2D eigenvalue weighted by molar-refractivity contribution is 0.106. The number of carbonyl (C=O) groups is 2. The molecule has 0 saturated carbocycles. The number of β-amino-alcohol motifs (C(OH)–C–C–N with tert-alkyl or cyclic N) is 2. The van der Waals surface area contributed by atoms with E-state index in [0.717, 1.165) is 79.9 Å². The standard InChI is InChI=1S/C43H50N6O4/c50-37(28-46-19-16-30-8-1-3-11-34(30)25-46)23-44-42(52)48-21-18-32-13-7-14-39(41(32)48)36-22-33-10-5-6-15-40(33)49(27-36)43(53)45-24-38(51)29-47-20-17-31-9-2-4-12-35(31)26-47/h1-15,36-38,50-51H,16-29H2,(H,44,52)(H,45,53). The maximum Gasteiger partial charge on any atom is 0.321 e. The second kappa shape index (κ2) is 15.7. The molecule has 0 fully saturated rings. The summed E-state index contributed by atoms with van der Waals surface area (Å²) >= 11 is 0. The third kappa shape index (κ3) is 7.82. The van der Waals surface area contributed by atoms with Crippen molar-refractivity contribution >= 4 is 23.4 Å². The molecule has 4 aromatic rings. The van der Waals surface area contributed by atoms with Gasteiger partial charge in [0.1, 0.15) is 0 Å². The van der Waals surface area contributed by atoms with Crippen molar-refractivity contribution in [3.05, 3.63) is 130 Å². The van der Waals surface area contributed by atoms with Crippen molar-refractivity contribution in [2.24, 2.45) is 0 Å².